The van der Waals surface area contributed by atoms with E-state index in [9.17, 15) is 4.79 Å². The monoisotopic (exact) mass is 358 g/mol. The van der Waals surface area contributed by atoms with Gasteiger partial charge in [-0.05, 0) is 19.8 Å². The molecule has 2 aliphatic rings. The van der Waals surface area contributed by atoms with Gasteiger partial charge in [0.15, 0.2) is 0 Å². The molecule has 0 spiro atoms. The van der Waals surface area contributed by atoms with Crippen LogP contribution in [0.15, 0.2) is 12.4 Å². The van der Waals surface area contributed by atoms with Crippen molar-refractivity contribution in [1.82, 2.24) is 40.1 Å². The van der Waals surface area contributed by atoms with Gasteiger partial charge in [-0.1, -0.05) is 5.21 Å². The number of imidazole rings is 1. The third-order valence-corrected chi connectivity index (χ3v) is 5.14. The fraction of sp³-hybridized carbons (Fsp3) is 0.647. The zero-order valence-corrected chi connectivity index (χ0v) is 15.2. The third-order valence-electron chi connectivity index (χ3n) is 5.14. The number of hydrogen-bond donors (Lipinski definition) is 2. The minimum atomic E-state index is 0.0866. The molecule has 2 saturated heterocycles. The standard InChI is InChI=1S/C17H26N8O/c1-13-19-8-14(20-13)9-23-5-2-16(3-6-23)25-11-15(21-22-25)10-24-7-4-18-17(26)12-24/h8,11,16H,2-7,9-10,12H2,1H3,(H,18,26)(H,19,20). The SMILES string of the molecule is Cc1ncc(CN2CCC(n3cc(CN4CCNC(=O)C4)nn3)CC2)[nH]1. The number of H-pyrrole nitrogens is 1. The van der Waals surface area contributed by atoms with Crippen molar-refractivity contribution in [2.24, 2.45) is 0 Å². The number of nitrogens with zero attached hydrogens (tertiary/aromatic N) is 6. The summed E-state index contributed by atoms with van der Waals surface area (Å²) in [5.41, 5.74) is 2.12. The molecule has 0 atom stereocenters. The highest BCUT2D eigenvalue weighted by atomic mass is 16.2. The predicted molar refractivity (Wildman–Crippen MR) is 95.2 cm³/mol. The Morgan fingerprint density at radius 2 is 2.04 bits per heavy atom. The molecule has 9 nitrogen and oxygen atoms in total. The van der Waals surface area contributed by atoms with Crippen molar-refractivity contribution in [3.63, 3.8) is 0 Å². The Labute approximate surface area is 152 Å². The molecule has 0 unspecified atom stereocenters. The number of hydrogen-bond acceptors (Lipinski definition) is 6. The number of piperidine rings is 1. The van der Waals surface area contributed by atoms with Gasteiger partial charge >= 0.3 is 0 Å². The summed E-state index contributed by atoms with van der Waals surface area (Å²) >= 11 is 0. The largest absolute Gasteiger partial charge is 0.354 e. The summed E-state index contributed by atoms with van der Waals surface area (Å²) in [6.45, 7) is 7.70. The number of nitrogens with one attached hydrogen (secondary N) is 2. The summed E-state index contributed by atoms with van der Waals surface area (Å²) in [5.74, 6) is 1.06. The maximum absolute atomic E-state index is 11.5. The number of aromatic nitrogens is 5. The van der Waals surface area contributed by atoms with Gasteiger partial charge in [-0.3, -0.25) is 14.6 Å². The van der Waals surface area contributed by atoms with Crippen LogP contribution in [0.3, 0.4) is 0 Å². The summed E-state index contributed by atoms with van der Waals surface area (Å²) in [7, 11) is 0. The average Bonchev–Trinajstić information content (AvgIpc) is 3.25. The van der Waals surface area contributed by atoms with Crippen LogP contribution in [0, 0.1) is 6.92 Å². The fourth-order valence-electron chi connectivity index (χ4n) is 3.75. The van der Waals surface area contributed by atoms with Crippen LogP contribution in [0.4, 0.5) is 0 Å². The number of aryl methyl sites for hydroxylation is 1. The van der Waals surface area contributed by atoms with E-state index in [0.29, 0.717) is 25.7 Å². The minimum Gasteiger partial charge on any atom is -0.354 e. The first-order chi connectivity index (χ1) is 12.7. The van der Waals surface area contributed by atoms with E-state index in [1.807, 2.05) is 24.0 Å². The molecule has 9 heteroatoms. The number of amides is 1. The zero-order valence-electron chi connectivity index (χ0n) is 15.2. The van der Waals surface area contributed by atoms with Crippen molar-refractivity contribution in [2.75, 3.05) is 32.7 Å². The van der Waals surface area contributed by atoms with E-state index >= 15 is 0 Å². The molecule has 2 N–H and O–H groups in total. The van der Waals surface area contributed by atoms with Crippen LogP contribution < -0.4 is 5.32 Å². The lowest BCUT2D eigenvalue weighted by Crippen LogP contribution is -2.47. The molecule has 0 radical (unpaired) electrons. The molecule has 2 aliphatic heterocycles. The summed E-state index contributed by atoms with van der Waals surface area (Å²) in [6.07, 6.45) is 6.11. The summed E-state index contributed by atoms with van der Waals surface area (Å²) < 4.78 is 2.01. The number of rotatable bonds is 5. The Morgan fingerprint density at radius 3 is 2.77 bits per heavy atom. The van der Waals surface area contributed by atoms with Crippen molar-refractivity contribution in [3.05, 3.63) is 29.6 Å². The number of piperazine rings is 1. The Hall–Kier alpha value is -2.26. The highest BCUT2D eigenvalue weighted by molar-refractivity contribution is 5.78. The normalized spacial score (nSPS) is 20.4. The molecule has 26 heavy (non-hydrogen) atoms. The van der Waals surface area contributed by atoms with Crippen LogP contribution in [-0.4, -0.2) is 73.4 Å². The van der Waals surface area contributed by atoms with Crippen LogP contribution in [0.1, 0.15) is 36.1 Å². The quantitative estimate of drug-likeness (QED) is 0.786. The van der Waals surface area contributed by atoms with E-state index in [1.54, 1.807) is 0 Å². The number of carbonyl (C=O) groups excluding carboxylic acids is 1. The Balaban J connectivity index is 1.28. The molecule has 0 aromatic carbocycles. The number of carbonyl (C=O) groups is 1. The Bertz CT molecular complexity index is 746. The van der Waals surface area contributed by atoms with Gasteiger partial charge in [-0.15, -0.1) is 5.10 Å². The topological polar surface area (TPSA) is 95.0 Å². The highest BCUT2D eigenvalue weighted by Crippen LogP contribution is 2.23. The first-order valence-electron chi connectivity index (χ1n) is 9.28. The molecule has 4 rings (SSSR count). The lowest BCUT2D eigenvalue weighted by Gasteiger charge is -2.31. The lowest BCUT2D eigenvalue weighted by atomic mass is 10.1. The van der Waals surface area contributed by atoms with Crippen LogP contribution >= 0.6 is 0 Å². The number of aromatic amines is 1. The maximum Gasteiger partial charge on any atom is 0.234 e. The van der Waals surface area contributed by atoms with Crippen LogP contribution in [0.2, 0.25) is 0 Å². The molecule has 140 valence electrons. The van der Waals surface area contributed by atoms with E-state index in [-0.39, 0.29) is 5.91 Å². The van der Waals surface area contributed by atoms with Gasteiger partial charge in [0.2, 0.25) is 5.91 Å². The minimum absolute atomic E-state index is 0.0866. The first kappa shape index (κ1) is 17.2. The summed E-state index contributed by atoms with van der Waals surface area (Å²) in [5, 5.41) is 11.5. The van der Waals surface area contributed by atoms with Gasteiger partial charge in [0.05, 0.1) is 24.5 Å². The molecule has 2 aromatic rings. The predicted octanol–water partition coefficient (Wildman–Crippen LogP) is 0.0785. The van der Waals surface area contributed by atoms with Gasteiger partial charge in [0.1, 0.15) is 5.82 Å². The molecular weight excluding hydrogens is 332 g/mol. The van der Waals surface area contributed by atoms with Crippen LogP contribution in [0.5, 0.6) is 0 Å². The van der Waals surface area contributed by atoms with E-state index < -0.39 is 0 Å². The molecule has 0 bridgehead atoms. The van der Waals surface area contributed by atoms with Gasteiger partial charge < -0.3 is 10.3 Å². The second kappa shape index (κ2) is 7.55. The first-order valence-corrected chi connectivity index (χ1v) is 9.28. The molecular formula is C17H26N8O. The van der Waals surface area contributed by atoms with Gasteiger partial charge in [0, 0.05) is 51.2 Å². The summed E-state index contributed by atoms with van der Waals surface area (Å²) in [6, 6.07) is 0.403. The lowest BCUT2D eigenvalue weighted by molar-refractivity contribution is -0.124. The molecule has 0 aliphatic carbocycles. The van der Waals surface area contributed by atoms with Crippen molar-refractivity contribution >= 4 is 5.91 Å². The smallest absolute Gasteiger partial charge is 0.234 e. The Morgan fingerprint density at radius 1 is 1.19 bits per heavy atom. The molecule has 0 saturated carbocycles. The molecule has 2 fully saturated rings. The van der Waals surface area contributed by atoms with Gasteiger partial charge in [0.25, 0.3) is 0 Å². The Kier molecular flexibility index (Phi) is 4.98. The van der Waals surface area contributed by atoms with Gasteiger partial charge in [-0.25, -0.2) is 9.67 Å². The zero-order chi connectivity index (χ0) is 17.9. The van der Waals surface area contributed by atoms with Crippen molar-refractivity contribution in [2.45, 2.75) is 38.9 Å². The fourth-order valence-corrected chi connectivity index (χ4v) is 3.75. The third kappa shape index (κ3) is 4.10. The van der Waals surface area contributed by atoms with E-state index in [4.69, 9.17) is 0 Å². The second-order valence-electron chi connectivity index (χ2n) is 7.25. The van der Waals surface area contributed by atoms with E-state index in [1.165, 1.54) is 5.69 Å². The maximum atomic E-state index is 11.5. The van der Waals surface area contributed by atoms with E-state index in [0.717, 1.165) is 50.5 Å². The summed E-state index contributed by atoms with van der Waals surface area (Å²) in [4.78, 5) is 23.6. The van der Waals surface area contributed by atoms with E-state index in [2.05, 4.69) is 35.4 Å². The van der Waals surface area contributed by atoms with Crippen molar-refractivity contribution in [3.8, 4) is 0 Å². The average molecular weight is 358 g/mol. The van der Waals surface area contributed by atoms with Crippen LogP contribution in [-0.2, 0) is 17.9 Å². The molecule has 4 heterocycles. The van der Waals surface area contributed by atoms with Crippen LogP contribution in [0.25, 0.3) is 0 Å². The van der Waals surface area contributed by atoms with Crippen molar-refractivity contribution in [1.29, 1.82) is 0 Å². The van der Waals surface area contributed by atoms with Crippen molar-refractivity contribution < 1.29 is 4.79 Å². The second-order valence-corrected chi connectivity index (χ2v) is 7.25. The highest BCUT2D eigenvalue weighted by Gasteiger charge is 2.23. The number of likely N-dealkylation sites (tertiary alicyclic amines) is 1. The molecule has 2 aromatic heterocycles. The van der Waals surface area contributed by atoms with Gasteiger partial charge in [-0.2, -0.15) is 0 Å². The molecule has 1 amide bonds.